The lowest BCUT2D eigenvalue weighted by molar-refractivity contribution is 0.289. The van der Waals surface area contributed by atoms with Gasteiger partial charge in [-0.25, -0.2) is 4.39 Å². The van der Waals surface area contributed by atoms with Crippen molar-refractivity contribution in [3.63, 3.8) is 0 Å². The predicted octanol–water partition coefficient (Wildman–Crippen LogP) is 4.34. The van der Waals surface area contributed by atoms with Gasteiger partial charge in [-0.05, 0) is 34.6 Å². The highest BCUT2D eigenvalue weighted by Gasteiger charge is 2.10. The molecule has 0 aliphatic rings. The molecule has 0 atom stereocenters. The van der Waals surface area contributed by atoms with E-state index in [4.69, 9.17) is 4.74 Å². The van der Waals surface area contributed by atoms with Gasteiger partial charge in [0.25, 0.3) is 0 Å². The second-order valence-electron chi connectivity index (χ2n) is 4.03. The van der Waals surface area contributed by atoms with Gasteiger partial charge in [0, 0.05) is 26.8 Å². The lowest BCUT2D eigenvalue weighted by Crippen LogP contribution is -2.13. The third-order valence-corrected chi connectivity index (χ3v) is 4.27. The molecule has 102 valence electrons. The van der Waals surface area contributed by atoms with Crippen molar-refractivity contribution in [3.05, 3.63) is 50.4 Å². The number of rotatable bonds is 6. The quantitative estimate of drug-likeness (QED) is 0.842. The fraction of sp³-hybridized carbons (Fsp3) is 0.286. The second-order valence-corrected chi connectivity index (χ2v) is 5.94. The molecule has 0 saturated heterocycles. The van der Waals surface area contributed by atoms with Crippen LogP contribution in [0, 0.1) is 5.82 Å². The van der Waals surface area contributed by atoms with E-state index in [-0.39, 0.29) is 5.82 Å². The van der Waals surface area contributed by atoms with Crippen molar-refractivity contribution in [1.29, 1.82) is 0 Å². The monoisotopic (exact) mass is 343 g/mol. The molecular formula is C14H15BrFNOS. The minimum absolute atomic E-state index is 0.314. The Kier molecular flexibility index (Phi) is 5.36. The third kappa shape index (κ3) is 4.03. The van der Waals surface area contributed by atoms with E-state index in [9.17, 15) is 4.39 Å². The number of hydrogen-bond acceptors (Lipinski definition) is 3. The maximum absolute atomic E-state index is 13.8. The Balaban J connectivity index is 2.09. The Labute approximate surface area is 124 Å². The van der Waals surface area contributed by atoms with Gasteiger partial charge in [-0.15, -0.1) is 11.3 Å². The topological polar surface area (TPSA) is 21.3 Å². The molecule has 0 fully saturated rings. The van der Waals surface area contributed by atoms with E-state index < -0.39 is 0 Å². The van der Waals surface area contributed by atoms with E-state index in [1.807, 2.05) is 24.4 Å². The Morgan fingerprint density at radius 2 is 2.26 bits per heavy atom. The predicted molar refractivity (Wildman–Crippen MR) is 80.1 cm³/mol. The van der Waals surface area contributed by atoms with E-state index in [1.165, 1.54) is 6.07 Å². The van der Waals surface area contributed by atoms with Gasteiger partial charge in [0.05, 0.1) is 0 Å². The molecule has 0 unspecified atom stereocenters. The molecular weight excluding hydrogens is 329 g/mol. The highest BCUT2D eigenvalue weighted by atomic mass is 79.9. The number of thiophene rings is 1. The van der Waals surface area contributed by atoms with Gasteiger partial charge >= 0.3 is 0 Å². The fourth-order valence-corrected chi connectivity index (χ4v) is 3.05. The van der Waals surface area contributed by atoms with Crippen molar-refractivity contribution in [3.8, 4) is 5.75 Å². The number of benzene rings is 1. The van der Waals surface area contributed by atoms with Gasteiger partial charge < -0.3 is 10.1 Å². The molecule has 1 aromatic carbocycles. The molecule has 0 amide bonds. The van der Waals surface area contributed by atoms with Crippen molar-refractivity contribution in [2.75, 3.05) is 6.54 Å². The van der Waals surface area contributed by atoms with Crippen molar-refractivity contribution in [1.82, 2.24) is 5.32 Å². The smallest absolute Gasteiger partial charge is 0.165 e. The Bertz CT molecular complexity index is 544. The van der Waals surface area contributed by atoms with Gasteiger partial charge in [-0.3, -0.25) is 0 Å². The van der Waals surface area contributed by atoms with Crippen LogP contribution in [-0.2, 0) is 13.2 Å². The number of para-hydroxylation sites is 1. The largest absolute Gasteiger partial charge is 0.485 e. The van der Waals surface area contributed by atoms with E-state index in [0.29, 0.717) is 18.9 Å². The molecule has 0 aliphatic carbocycles. The fourth-order valence-electron chi connectivity index (χ4n) is 1.69. The van der Waals surface area contributed by atoms with Crippen LogP contribution in [-0.4, -0.2) is 6.54 Å². The van der Waals surface area contributed by atoms with Gasteiger partial charge in [0.1, 0.15) is 6.61 Å². The molecule has 2 rings (SSSR count). The lowest BCUT2D eigenvalue weighted by atomic mass is 10.2. The molecule has 19 heavy (non-hydrogen) atoms. The van der Waals surface area contributed by atoms with Crippen molar-refractivity contribution in [2.45, 2.75) is 20.1 Å². The summed E-state index contributed by atoms with van der Waals surface area (Å²) >= 11 is 4.98. The van der Waals surface area contributed by atoms with E-state index >= 15 is 0 Å². The normalized spacial score (nSPS) is 10.7. The average molecular weight is 344 g/mol. The summed E-state index contributed by atoms with van der Waals surface area (Å²) in [5, 5.41) is 5.17. The van der Waals surface area contributed by atoms with Crippen LogP contribution < -0.4 is 10.1 Å². The maximum atomic E-state index is 13.8. The number of hydrogen-bond donors (Lipinski definition) is 1. The van der Waals surface area contributed by atoms with Crippen LogP contribution in [0.15, 0.2) is 34.1 Å². The van der Waals surface area contributed by atoms with Crippen LogP contribution in [0.4, 0.5) is 4.39 Å². The van der Waals surface area contributed by atoms with E-state index in [2.05, 4.69) is 21.2 Å². The molecule has 0 bridgehead atoms. The highest BCUT2D eigenvalue weighted by Crippen LogP contribution is 2.26. The minimum atomic E-state index is -0.314. The molecule has 1 heterocycles. The summed E-state index contributed by atoms with van der Waals surface area (Å²) < 4.78 is 20.5. The molecule has 0 spiro atoms. The van der Waals surface area contributed by atoms with Crippen LogP contribution >= 0.6 is 27.3 Å². The molecule has 1 aromatic heterocycles. The third-order valence-electron chi connectivity index (χ3n) is 2.59. The Morgan fingerprint density at radius 1 is 1.42 bits per heavy atom. The first kappa shape index (κ1) is 14.5. The molecule has 2 nitrogen and oxygen atoms in total. The summed E-state index contributed by atoms with van der Waals surface area (Å²) in [6.45, 7) is 3.85. The summed E-state index contributed by atoms with van der Waals surface area (Å²) in [7, 11) is 0. The first-order valence-electron chi connectivity index (χ1n) is 6.04. The van der Waals surface area contributed by atoms with Gasteiger partial charge in [0.15, 0.2) is 11.6 Å². The van der Waals surface area contributed by atoms with E-state index in [0.717, 1.165) is 21.5 Å². The van der Waals surface area contributed by atoms with Crippen LogP contribution in [0.2, 0.25) is 0 Å². The van der Waals surface area contributed by atoms with Crippen LogP contribution in [0.25, 0.3) is 0 Å². The minimum Gasteiger partial charge on any atom is -0.485 e. The maximum Gasteiger partial charge on any atom is 0.165 e. The standard InChI is InChI=1S/C14H15BrFNOS/c1-2-17-7-10-4-3-5-13(16)14(10)18-8-12-6-11(15)9-19-12/h3-6,9,17H,2,7-8H2,1H3. The summed E-state index contributed by atoms with van der Waals surface area (Å²) in [6.07, 6.45) is 0. The van der Waals surface area contributed by atoms with Crippen molar-refractivity contribution in [2.24, 2.45) is 0 Å². The Morgan fingerprint density at radius 3 is 2.95 bits per heavy atom. The summed E-state index contributed by atoms with van der Waals surface area (Å²) in [5.41, 5.74) is 0.845. The van der Waals surface area contributed by atoms with Gasteiger partial charge in [0.2, 0.25) is 0 Å². The van der Waals surface area contributed by atoms with Crippen molar-refractivity contribution >= 4 is 27.3 Å². The molecule has 0 saturated carbocycles. The van der Waals surface area contributed by atoms with Gasteiger partial charge in [-0.2, -0.15) is 0 Å². The van der Waals surface area contributed by atoms with E-state index in [1.54, 1.807) is 17.4 Å². The lowest BCUT2D eigenvalue weighted by Gasteiger charge is -2.12. The molecule has 0 radical (unpaired) electrons. The average Bonchev–Trinajstić information content (AvgIpc) is 2.81. The number of nitrogens with one attached hydrogen (secondary N) is 1. The SMILES string of the molecule is CCNCc1cccc(F)c1OCc1cc(Br)cs1. The first-order chi connectivity index (χ1) is 9.20. The summed E-state index contributed by atoms with van der Waals surface area (Å²) in [5.74, 6) is 0.0268. The summed E-state index contributed by atoms with van der Waals surface area (Å²) in [6, 6.07) is 6.99. The molecule has 0 aliphatic heterocycles. The molecule has 5 heteroatoms. The first-order valence-corrected chi connectivity index (χ1v) is 7.71. The number of ether oxygens (including phenoxy) is 1. The Hall–Kier alpha value is -0.910. The number of halogens is 2. The highest BCUT2D eigenvalue weighted by molar-refractivity contribution is 9.10. The zero-order valence-electron chi connectivity index (χ0n) is 10.6. The van der Waals surface area contributed by atoms with Gasteiger partial charge in [-0.1, -0.05) is 19.1 Å². The second kappa shape index (κ2) is 7.03. The zero-order chi connectivity index (χ0) is 13.7. The zero-order valence-corrected chi connectivity index (χ0v) is 13.0. The summed E-state index contributed by atoms with van der Waals surface area (Å²) in [4.78, 5) is 1.06. The van der Waals surface area contributed by atoms with Crippen molar-refractivity contribution < 1.29 is 9.13 Å². The van der Waals surface area contributed by atoms with Crippen LogP contribution in [0.3, 0.4) is 0 Å². The molecule has 1 N–H and O–H groups in total. The molecule has 2 aromatic rings. The van der Waals surface area contributed by atoms with Crippen LogP contribution in [0.5, 0.6) is 5.75 Å². The van der Waals surface area contributed by atoms with Crippen LogP contribution in [0.1, 0.15) is 17.4 Å².